The molecule has 0 saturated carbocycles. The molecule has 0 bridgehead atoms. The first kappa shape index (κ1) is 20.9. The molecule has 0 aliphatic rings. The second-order valence-corrected chi connectivity index (χ2v) is 7.03. The minimum absolute atomic E-state index is 0.154. The molecule has 29 heavy (non-hydrogen) atoms. The molecule has 0 radical (unpaired) electrons. The van der Waals surface area contributed by atoms with Crippen LogP contribution in [0.2, 0.25) is 10.0 Å². The highest BCUT2D eigenvalue weighted by Crippen LogP contribution is 2.29. The van der Waals surface area contributed by atoms with E-state index in [-0.39, 0.29) is 18.1 Å². The number of aromatic nitrogens is 1. The van der Waals surface area contributed by atoms with Crippen LogP contribution in [0.5, 0.6) is 5.75 Å². The summed E-state index contributed by atoms with van der Waals surface area (Å²) >= 11 is 12.2. The van der Waals surface area contributed by atoms with Crippen LogP contribution in [0.3, 0.4) is 0 Å². The number of hydrogen-bond acceptors (Lipinski definition) is 4. The van der Waals surface area contributed by atoms with E-state index in [1.807, 2.05) is 6.07 Å². The Morgan fingerprint density at radius 1 is 1.10 bits per heavy atom. The summed E-state index contributed by atoms with van der Waals surface area (Å²) < 4.78 is 5.20. The molecule has 0 aliphatic heterocycles. The Bertz CT molecular complexity index is 1050. The van der Waals surface area contributed by atoms with E-state index in [1.165, 1.54) is 4.90 Å². The predicted octanol–water partition coefficient (Wildman–Crippen LogP) is 4.65. The number of carbonyl (C=O) groups is 2. The smallest absolute Gasteiger partial charge is 0.272 e. The minimum Gasteiger partial charge on any atom is -0.497 e. The van der Waals surface area contributed by atoms with Crippen LogP contribution in [0.15, 0.2) is 48.5 Å². The standard InChI is InChI=1S/C21H19Cl2N3O3/c1-3-26(12-19(27)25-20-15(22)5-4-6-16(20)23)21(28)18-9-7-13-11-14(29-2)8-10-17(13)24-18/h4-11H,3,12H2,1-2H3,(H,25,27). The van der Waals surface area contributed by atoms with E-state index in [0.717, 1.165) is 5.39 Å². The summed E-state index contributed by atoms with van der Waals surface area (Å²) in [6.45, 7) is 1.98. The lowest BCUT2D eigenvalue weighted by Gasteiger charge is -2.20. The largest absolute Gasteiger partial charge is 0.497 e. The third-order valence-corrected chi connectivity index (χ3v) is 4.98. The van der Waals surface area contributed by atoms with Gasteiger partial charge in [-0.15, -0.1) is 0 Å². The van der Waals surface area contributed by atoms with Crippen LogP contribution >= 0.6 is 23.2 Å². The van der Waals surface area contributed by atoms with E-state index in [1.54, 1.807) is 56.5 Å². The third-order valence-electron chi connectivity index (χ3n) is 4.35. The highest BCUT2D eigenvalue weighted by Gasteiger charge is 2.20. The maximum Gasteiger partial charge on any atom is 0.272 e. The van der Waals surface area contributed by atoms with Gasteiger partial charge in [-0.25, -0.2) is 4.98 Å². The van der Waals surface area contributed by atoms with Gasteiger partial charge in [0.15, 0.2) is 0 Å². The van der Waals surface area contributed by atoms with Gasteiger partial charge in [-0.2, -0.15) is 0 Å². The molecular weight excluding hydrogens is 413 g/mol. The van der Waals surface area contributed by atoms with Gasteiger partial charge in [0.05, 0.1) is 28.4 Å². The highest BCUT2D eigenvalue weighted by atomic mass is 35.5. The molecule has 0 unspecified atom stereocenters. The van der Waals surface area contributed by atoms with Crippen LogP contribution in [0, 0.1) is 0 Å². The Morgan fingerprint density at radius 3 is 2.48 bits per heavy atom. The molecule has 0 fully saturated rings. The Morgan fingerprint density at radius 2 is 1.83 bits per heavy atom. The van der Waals surface area contributed by atoms with E-state index in [4.69, 9.17) is 27.9 Å². The zero-order chi connectivity index (χ0) is 21.0. The zero-order valence-corrected chi connectivity index (χ0v) is 17.4. The second kappa shape index (κ2) is 9.11. The fourth-order valence-electron chi connectivity index (χ4n) is 2.81. The number of fused-ring (bicyclic) bond motifs is 1. The van der Waals surface area contributed by atoms with Crippen LogP contribution in [-0.2, 0) is 4.79 Å². The third kappa shape index (κ3) is 4.78. The second-order valence-electron chi connectivity index (χ2n) is 6.22. The first-order chi connectivity index (χ1) is 13.9. The van der Waals surface area contributed by atoms with Gasteiger partial charge in [-0.05, 0) is 43.3 Å². The maximum absolute atomic E-state index is 12.9. The molecule has 0 aliphatic carbocycles. The maximum atomic E-state index is 12.9. The number of anilines is 1. The molecule has 1 heterocycles. The molecule has 8 heteroatoms. The van der Waals surface area contributed by atoms with Crippen molar-refractivity contribution in [2.24, 2.45) is 0 Å². The topological polar surface area (TPSA) is 71.5 Å². The van der Waals surface area contributed by atoms with Gasteiger partial charge in [0.2, 0.25) is 5.91 Å². The number of halogens is 2. The number of pyridine rings is 1. The first-order valence-corrected chi connectivity index (χ1v) is 9.66. The highest BCUT2D eigenvalue weighted by molar-refractivity contribution is 6.39. The lowest BCUT2D eigenvalue weighted by molar-refractivity contribution is -0.116. The summed E-state index contributed by atoms with van der Waals surface area (Å²) in [4.78, 5) is 31.1. The van der Waals surface area contributed by atoms with Gasteiger partial charge in [-0.3, -0.25) is 9.59 Å². The molecule has 1 aromatic heterocycles. The molecule has 3 aromatic rings. The van der Waals surface area contributed by atoms with Crippen LogP contribution in [0.4, 0.5) is 5.69 Å². The van der Waals surface area contributed by atoms with Crippen molar-refractivity contribution in [2.75, 3.05) is 25.5 Å². The van der Waals surface area contributed by atoms with Gasteiger partial charge in [0.25, 0.3) is 5.91 Å². The molecule has 1 N–H and O–H groups in total. The Kier molecular flexibility index (Phi) is 6.56. The fourth-order valence-corrected chi connectivity index (χ4v) is 3.30. The summed E-state index contributed by atoms with van der Waals surface area (Å²) in [5, 5.41) is 4.17. The Hall–Kier alpha value is -2.83. The first-order valence-electron chi connectivity index (χ1n) is 8.91. The molecular formula is C21H19Cl2N3O3. The van der Waals surface area contributed by atoms with Crippen molar-refractivity contribution in [3.8, 4) is 5.75 Å². The summed E-state index contributed by atoms with van der Waals surface area (Å²) in [5.41, 5.74) is 1.25. The number of methoxy groups -OCH3 is 1. The normalized spacial score (nSPS) is 10.6. The van der Waals surface area contributed by atoms with Gasteiger partial charge < -0.3 is 15.0 Å². The minimum atomic E-state index is -0.402. The zero-order valence-electron chi connectivity index (χ0n) is 15.9. The van der Waals surface area contributed by atoms with Crippen molar-refractivity contribution in [2.45, 2.75) is 6.92 Å². The van der Waals surface area contributed by atoms with Crippen molar-refractivity contribution in [1.29, 1.82) is 0 Å². The number of likely N-dealkylation sites (N-methyl/N-ethyl adjacent to an activating group) is 1. The molecule has 2 aromatic carbocycles. The lowest BCUT2D eigenvalue weighted by atomic mass is 10.2. The van der Waals surface area contributed by atoms with E-state index in [0.29, 0.717) is 33.5 Å². The van der Waals surface area contributed by atoms with Crippen molar-refractivity contribution in [1.82, 2.24) is 9.88 Å². The summed E-state index contributed by atoms with van der Waals surface area (Å²) in [6.07, 6.45) is 0. The molecule has 150 valence electrons. The molecule has 2 amide bonds. The number of carbonyl (C=O) groups excluding carboxylic acids is 2. The Balaban J connectivity index is 1.76. The van der Waals surface area contributed by atoms with Crippen molar-refractivity contribution >= 4 is 51.6 Å². The van der Waals surface area contributed by atoms with Gasteiger partial charge in [0, 0.05) is 11.9 Å². The van der Waals surface area contributed by atoms with E-state index >= 15 is 0 Å². The summed E-state index contributed by atoms with van der Waals surface area (Å²) in [7, 11) is 1.59. The van der Waals surface area contributed by atoms with Crippen molar-refractivity contribution in [3.05, 3.63) is 64.3 Å². The number of amides is 2. The quantitative estimate of drug-likeness (QED) is 0.616. The Labute approximate surface area is 178 Å². The molecule has 0 saturated heterocycles. The average molecular weight is 432 g/mol. The van der Waals surface area contributed by atoms with Gasteiger partial charge >= 0.3 is 0 Å². The molecule has 0 spiro atoms. The fraction of sp³-hybridized carbons (Fsp3) is 0.190. The SMILES string of the molecule is CCN(CC(=O)Nc1c(Cl)cccc1Cl)C(=O)c1ccc2cc(OC)ccc2n1. The van der Waals surface area contributed by atoms with Crippen LogP contribution in [0.25, 0.3) is 10.9 Å². The van der Waals surface area contributed by atoms with Crippen molar-refractivity contribution in [3.63, 3.8) is 0 Å². The number of para-hydroxylation sites is 1. The van der Waals surface area contributed by atoms with Gasteiger partial charge in [0.1, 0.15) is 18.0 Å². The van der Waals surface area contributed by atoms with Crippen molar-refractivity contribution < 1.29 is 14.3 Å². The van der Waals surface area contributed by atoms with E-state index in [9.17, 15) is 9.59 Å². The number of hydrogen-bond donors (Lipinski definition) is 1. The van der Waals surface area contributed by atoms with E-state index in [2.05, 4.69) is 10.3 Å². The lowest BCUT2D eigenvalue weighted by Crippen LogP contribution is -2.38. The number of benzene rings is 2. The molecule has 3 rings (SSSR count). The number of rotatable bonds is 6. The number of nitrogens with zero attached hydrogens (tertiary/aromatic N) is 2. The molecule has 0 atom stereocenters. The van der Waals surface area contributed by atoms with Crippen LogP contribution in [-0.4, -0.2) is 41.9 Å². The number of nitrogens with one attached hydrogen (secondary N) is 1. The van der Waals surface area contributed by atoms with Gasteiger partial charge in [-0.1, -0.05) is 35.3 Å². The summed E-state index contributed by atoms with van der Waals surface area (Å²) in [6, 6.07) is 13.8. The average Bonchev–Trinajstić information content (AvgIpc) is 2.73. The monoisotopic (exact) mass is 431 g/mol. The van der Waals surface area contributed by atoms with Crippen LogP contribution < -0.4 is 10.1 Å². The molecule has 6 nitrogen and oxygen atoms in total. The van der Waals surface area contributed by atoms with E-state index < -0.39 is 5.91 Å². The number of ether oxygens (including phenoxy) is 1. The summed E-state index contributed by atoms with van der Waals surface area (Å²) in [5.74, 6) is -0.0326. The predicted molar refractivity (Wildman–Crippen MR) is 115 cm³/mol. The van der Waals surface area contributed by atoms with Crippen LogP contribution in [0.1, 0.15) is 17.4 Å².